The van der Waals surface area contributed by atoms with Crippen molar-refractivity contribution in [1.29, 1.82) is 0 Å². The van der Waals surface area contributed by atoms with Crippen LogP contribution in [0.2, 0.25) is 0 Å². The van der Waals surface area contributed by atoms with Gasteiger partial charge in [-0.05, 0) is 31.5 Å². The second-order valence-corrected chi connectivity index (χ2v) is 4.76. The highest BCUT2D eigenvalue weighted by Gasteiger charge is 2.25. The lowest BCUT2D eigenvalue weighted by Crippen LogP contribution is -2.44. The first-order chi connectivity index (χ1) is 9.16. The molecule has 5 nitrogen and oxygen atoms in total. The molecule has 0 saturated carbocycles. The first kappa shape index (κ1) is 16.5. The summed E-state index contributed by atoms with van der Waals surface area (Å²) >= 11 is 0. The van der Waals surface area contributed by atoms with E-state index in [-0.39, 0.29) is 36.8 Å². The molecular weight excluding hydrogens is 278 g/mol. The summed E-state index contributed by atoms with van der Waals surface area (Å²) in [5.74, 6) is -0.194. The maximum absolute atomic E-state index is 12.0. The Labute approximate surface area is 125 Å². The van der Waals surface area contributed by atoms with Crippen LogP contribution in [-0.4, -0.2) is 42.9 Å². The summed E-state index contributed by atoms with van der Waals surface area (Å²) in [5.41, 5.74) is 0.743. The third-order valence-electron chi connectivity index (χ3n) is 3.17. The summed E-state index contributed by atoms with van der Waals surface area (Å²) in [5, 5.41) is 5.90. The van der Waals surface area contributed by atoms with Crippen LogP contribution in [0, 0.1) is 0 Å². The lowest BCUT2D eigenvalue weighted by molar-refractivity contribution is -0.134. The maximum Gasteiger partial charge on any atom is 0.243 e. The molecule has 2 rings (SSSR count). The number of nitrogens with one attached hydrogen (secondary N) is 2. The zero-order chi connectivity index (χ0) is 13.7. The highest BCUT2D eigenvalue weighted by molar-refractivity contribution is 5.95. The zero-order valence-electron chi connectivity index (χ0n) is 11.5. The fraction of sp³-hybridized carbons (Fsp3) is 0.429. The largest absolute Gasteiger partial charge is 0.335 e. The monoisotopic (exact) mass is 297 g/mol. The Morgan fingerprint density at radius 2 is 2.05 bits per heavy atom. The molecule has 1 aromatic carbocycles. The predicted molar refractivity (Wildman–Crippen MR) is 81.0 cm³/mol. The van der Waals surface area contributed by atoms with E-state index >= 15 is 0 Å². The summed E-state index contributed by atoms with van der Waals surface area (Å²) in [6.07, 6.45) is 1.87. The van der Waals surface area contributed by atoms with Crippen LogP contribution < -0.4 is 10.6 Å². The van der Waals surface area contributed by atoms with Crippen LogP contribution >= 0.6 is 12.4 Å². The molecular formula is C14H20ClN3O2. The van der Waals surface area contributed by atoms with Crippen LogP contribution in [0.1, 0.15) is 12.8 Å². The van der Waals surface area contributed by atoms with Crippen LogP contribution in [0.25, 0.3) is 0 Å². The Kier molecular flexibility index (Phi) is 6.48. The van der Waals surface area contributed by atoms with Crippen LogP contribution in [0.3, 0.4) is 0 Å². The van der Waals surface area contributed by atoms with Gasteiger partial charge in [0.15, 0.2) is 0 Å². The van der Waals surface area contributed by atoms with E-state index in [0.717, 1.165) is 25.1 Å². The number of carbonyl (C=O) groups is 2. The van der Waals surface area contributed by atoms with Crippen molar-refractivity contribution in [3.05, 3.63) is 30.3 Å². The van der Waals surface area contributed by atoms with Gasteiger partial charge in [-0.1, -0.05) is 18.2 Å². The lowest BCUT2D eigenvalue weighted by Gasteiger charge is -2.20. The molecule has 110 valence electrons. The van der Waals surface area contributed by atoms with Crippen molar-refractivity contribution in [1.82, 2.24) is 10.2 Å². The van der Waals surface area contributed by atoms with Gasteiger partial charge in [0.2, 0.25) is 11.8 Å². The average Bonchev–Trinajstić information content (AvgIpc) is 2.92. The molecule has 0 bridgehead atoms. The highest BCUT2D eigenvalue weighted by Crippen LogP contribution is 2.08. The minimum Gasteiger partial charge on any atom is -0.335 e. The number of anilines is 1. The summed E-state index contributed by atoms with van der Waals surface area (Å²) in [7, 11) is 1.66. The fourth-order valence-electron chi connectivity index (χ4n) is 2.18. The van der Waals surface area contributed by atoms with Gasteiger partial charge in [0.05, 0.1) is 12.6 Å². The van der Waals surface area contributed by atoms with Crippen molar-refractivity contribution in [3.63, 3.8) is 0 Å². The van der Waals surface area contributed by atoms with Gasteiger partial charge in [-0.3, -0.25) is 9.59 Å². The molecule has 1 heterocycles. The van der Waals surface area contributed by atoms with Gasteiger partial charge < -0.3 is 15.5 Å². The standard InChI is InChI=1S/C14H19N3O2.ClH/c1-17(14(19)12-8-5-9-15-12)10-13(18)16-11-6-3-2-4-7-11;/h2-4,6-7,12,15H,5,8-10H2,1H3,(H,16,18);1H/t12-;/m0./s1. The van der Waals surface area contributed by atoms with E-state index in [4.69, 9.17) is 0 Å². The number of halogens is 1. The van der Waals surface area contributed by atoms with E-state index in [1.165, 1.54) is 4.90 Å². The van der Waals surface area contributed by atoms with Gasteiger partial charge in [-0.15, -0.1) is 12.4 Å². The molecule has 2 N–H and O–H groups in total. The van der Waals surface area contributed by atoms with Gasteiger partial charge in [-0.2, -0.15) is 0 Å². The third kappa shape index (κ3) is 4.51. The number of hydrogen-bond acceptors (Lipinski definition) is 3. The lowest BCUT2D eigenvalue weighted by atomic mass is 10.2. The van der Waals surface area contributed by atoms with Crippen molar-refractivity contribution in [2.45, 2.75) is 18.9 Å². The fourth-order valence-corrected chi connectivity index (χ4v) is 2.18. The minimum atomic E-state index is -0.181. The van der Waals surface area contributed by atoms with E-state index in [1.807, 2.05) is 30.3 Å². The van der Waals surface area contributed by atoms with E-state index in [0.29, 0.717) is 0 Å². The molecule has 1 aliphatic heterocycles. The predicted octanol–water partition coefficient (Wildman–Crippen LogP) is 1.26. The second kappa shape index (κ2) is 7.87. The molecule has 0 unspecified atom stereocenters. The molecule has 0 aromatic heterocycles. The van der Waals surface area contributed by atoms with Gasteiger partial charge in [0.25, 0.3) is 0 Å². The normalized spacial score (nSPS) is 17.1. The number of rotatable bonds is 4. The molecule has 6 heteroatoms. The van der Waals surface area contributed by atoms with E-state index in [1.54, 1.807) is 7.05 Å². The summed E-state index contributed by atoms with van der Waals surface area (Å²) in [6, 6.07) is 9.10. The molecule has 1 saturated heterocycles. The first-order valence-electron chi connectivity index (χ1n) is 6.50. The van der Waals surface area contributed by atoms with E-state index in [9.17, 15) is 9.59 Å². The Balaban J connectivity index is 0.00000200. The number of benzene rings is 1. The molecule has 20 heavy (non-hydrogen) atoms. The molecule has 0 aliphatic carbocycles. The summed E-state index contributed by atoms with van der Waals surface area (Å²) in [4.78, 5) is 25.3. The molecule has 0 radical (unpaired) electrons. The third-order valence-corrected chi connectivity index (χ3v) is 3.17. The van der Waals surface area contributed by atoms with E-state index < -0.39 is 0 Å². The van der Waals surface area contributed by atoms with Crippen molar-refractivity contribution in [3.8, 4) is 0 Å². The van der Waals surface area contributed by atoms with Crippen molar-refractivity contribution < 1.29 is 9.59 Å². The summed E-state index contributed by atoms with van der Waals surface area (Å²) in [6.45, 7) is 0.951. The summed E-state index contributed by atoms with van der Waals surface area (Å²) < 4.78 is 0. The number of hydrogen-bond donors (Lipinski definition) is 2. The number of nitrogens with zero attached hydrogens (tertiary/aromatic N) is 1. The van der Waals surface area contributed by atoms with Crippen molar-refractivity contribution in [2.75, 3.05) is 25.5 Å². The molecule has 1 fully saturated rings. The quantitative estimate of drug-likeness (QED) is 0.879. The van der Waals surface area contributed by atoms with Gasteiger partial charge in [0, 0.05) is 12.7 Å². The van der Waals surface area contributed by atoms with Gasteiger partial charge in [0.1, 0.15) is 0 Å². The first-order valence-corrected chi connectivity index (χ1v) is 6.50. The van der Waals surface area contributed by atoms with Crippen LogP contribution in [0.4, 0.5) is 5.69 Å². The van der Waals surface area contributed by atoms with Crippen LogP contribution in [0.15, 0.2) is 30.3 Å². The highest BCUT2D eigenvalue weighted by atomic mass is 35.5. The average molecular weight is 298 g/mol. The molecule has 1 atom stereocenters. The van der Waals surface area contributed by atoms with Crippen LogP contribution in [0.5, 0.6) is 0 Å². The molecule has 1 aromatic rings. The van der Waals surface area contributed by atoms with Gasteiger partial charge in [-0.25, -0.2) is 0 Å². The van der Waals surface area contributed by atoms with E-state index in [2.05, 4.69) is 10.6 Å². The second-order valence-electron chi connectivity index (χ2n) is 4.76. The number of amides is 2. The smallest absolute Gasteiger partial charge is 0.243 e. The Bertz CT molecular complexity index is 447. The van der Waals surface area contributed by atoms with Gasteiger partial charge >= 0.3 is 0 Å². The topological polar surface area (TPSA) is 61.4 Å². The molecule has 2 amide bonds. The Morgan fingerprint density at radius 1 is 1.35 bits per heavy atom. The number of carbonyl (C=O) groups excluding carboxylic acids is 2. The Morgan fingerprint density at radius 3 is 2.65 bits per heavy atom. The zero-order valence-corrected chi connectivity index (χ0v) is 12.3. The number of para-hydroxylation sites is 1. The SMILES string of the molecule is CN(CC(=O)Nc1ccccc1)C(=O)[C@@H]1CCCN1.Cl. The Hall–Kier alpha value is -1.59. The van der Waals surface area contributed by atoms with Crippen molar-refractivity contribution >= 4 is 29.9 Å². The molecule has 1 aliphatic rings. The number of likely N-dealkylation sites (N-methyl/N-ethyl adjacent to an activating group) is 1. The minimum absolute atomic E-state index is 0. The maximum atomic E-state index is 12.0. The van der Waals surface area contributed by atoms with Crippen LogP contribution in [-0.2, 0) is 9.59 Å². The van der Waals surface area contributed by atoms with Crippen molar-refractivity contribution in [2.24, 2.45) is 0 Å². The molecule has 0 spiro atoms.